The van der Waals surface area contributed by atoms with Crippen LogP contribution in [0.5, 0.6) is 0 Å². The SMILES string of the molecule is CC(=O)N[C@H]1[C@H]([C@@H](O)[C@H](O)CNC(=O)c2ccc([N+](=O)[O-])cc2)O[C@@](OCc2ccccc2)(C(=O)[O-])C[C@@H]1O.[Na+]. The summed E-state index contributed by atoms with van der Waals surface area (Å²) < 4.78 is 11.1. The number of aliphatic hydroxyl groups excluding tert-OH is 3. The molecule has 2 amide bonds. The Morgan fingerprint density at radius 2 is 1.77 bits per heavy atom. The van der Waals surface area contributed by atoms with Gasteiger partial charge in [0.15, 0.2) is 0 Å². The van der Waals surface area contributed by atoms with Gasteiger partial charge in [0.05, 0.1) is 29.8 Å². The monoisotopic (exact) mass is 569 g/mol. The molecule has 1 heterocycles. The Kier molecular flexibility index (Phi) is 12.2. The molecule has 1 aliphatic rings. The van der Waals surface area contributed by atoms with Crippen molar-refractivity contribution < 1.29 is 78.8 Å². The molecule has 1 fully saturated rings. The zero-order valence-electron chi connectivity index (χ0n) is 21.8. The summed E-state index contributed by atoms with van der Waals surface area (Å²) in [6, 6.07) is 11.7. The summed E-state index contributed by atoms with van der Waals surface area (Å²) in [5.41, 5.74) is 0.379. The number of carbonyl (C=O) groups excluding carboxylic acids is 3. The molecule has 0 aliphatic carbocycles. The van der Waals surface area contributed by atoms with E-state index in [1.54, 1.807) is 30.3 Å². The molecule has 0 aromatic heterocycles. The maximum atomic E-state index is 12.4. The second-order valence-corrected chi connectivity index (χ2v) is 8.97. The van der Waals surface area contributed by atoms with Gasteiger partial charge >= 0.3 is 29.6 Å². The molecule has 0 saturated carbocycles. The molecule has 0 spiro atoms. The summed E-state index contributed by atoms with van der Waals surface area (Å²) in [6.07, 6.45) is -7.68. The Bertz CT molecular complexity index is 1180. The molecule has 0 bridgehead atoms. The Morgan fingerprint density at radius 1 is 1.15 bits per heavy atom. The van der Waals surface area contributed by atoms with Crippen LogP contribution < -0.4 is 45.3 Å². The maximum absolute atomic E-state index is 12.4. The quantitative estimate of drug-likeness (QED) is 0.0984. The van der Waals surface area contributed by atoms with E-state index in [-0.39, 0.29) is 47.4 Å². The zero-order valence-corrected chi connectivity index (χ0v) is 23.8. The van der Waals surface area contributed by atoms with Gasteiger partial charge < -0.3 is 45.3 Å². The number of aliphatic hydroxyl groups is 3. The van der Waals surface area contributed by atoms with Crippen molar-refractivity contribution in [3.8, 4) is 0 Å². The summed E-state index contributed by atoms with van der Waals surface area (Å²) in [5.74, 6) is -5.75. The summed E-state index contributed by atoms with van der Waals surface area (Å²) in [5, 5.41) is 59.9. The van der Waals surface area contributed by atoms with E-state index in [2.05, 4.69) is 10.6 Å². The van der Waals surface area contributed by atoms with Crippen molar-refractivity contribution in [3.63, 3.8) is 0 Å². The van der Waals surface area contributed by atoms with E-state index in [1.165, 1.54) is 12.1 Å². The summed E-state index contributed by atoms with van der Waals surface area (Å²) in [6.45, 7) is 0.301. The van der Waals surface area contributed by atoms with E-state index in [4.69, 9.17) is 9.47 Å². The molecule has 2 aromatic carbocycles. The second-order valence-electron chi connectivity index (χ2n) is 8.97. The molecule has 40 heavy (non-hydrogen) atoms. The van der Waals surface area contributed by atoms with Gasteiger partial charge in [0, 0.05) is 37.6 Å². The molecule has 0 radical (unpaired) electrons. The van der Waals surface area contributed by atoms with Crippen LogP contribution in [-0.4, -0.2) is 80.8 Å². The van der Waals surface area contributed by atoms with Crippen LogP contribution >= 0.6 is 0 Å². The molecular weight excluding hydrogens is 541 g/mol. The third kappa shape index (κ3) is 8.28. The summed E-state index contributed by atoms with van der Waals surface area (Å²) >= 11 is 0. The third-order valence-electron chi connectivity index (χ3n) is 6.11. The first kappa shape index (κ1) is 33.3. The van der Waals surface area contributed by atoms with Crippen molar-refractivity contribution in [2.24, 2.45) is 0 Å². The normalized spacial score (nSPS) is 23.6. The van der Waals surface area contributed by atoms with Gasteiger partial charge in [0.1, 0.15) is 18.2 Å². The number of carboxylic acid groups (broad SMARTS) is 1. The number of non-ortho nitro benzene ring substituents is 1. The number of nitro groups is 1. The first-order chi connectivity index (χ1) is 18.4. The molecule has 210 valence electrons. The molecular formula is C25H28N3NaO11. The number of hydrogen-bond donors (Lipinski definition) is 5. The average molecular weight is 569 g/mol. The van der Waals surface area contributed by atoms with Crippen LogP contribution in [0, 0.1) is 10.1 Å². The number of nitrogens with zero attached hydrogens (tertiary/aromatic N) is 1. The van der Waals surface area contributed by atoms with E-state index in [0.717, 1.165) is 19.1 Å². The largest absolute Gasteiger partial charge is 1.00 e. The van der Waals surface area contributed by atoms with Crippen molar-refractivity contribution in [3.05, 3.63) is 75.8 Å². The zero-order chi connectivity index (χ0) is 28.7. The van der Waals surface area contributed by atoms with E-state index >= 15 is 0 Å². The van der Waals surface area contributed by atoms with Crippen molar-refractivity contribution in [1.82, 2.24) is 10.6 Å². The number of benzene rings is 2. The number of carboxylic acids is 1. The number of carbonyl (C=O) groups is 3. The number of nitro benzene ring substituents is 1. The number of rotatable bonds is 11. The minimum absolute atomic E-state index is 0. The second kappa shape index (κ2) is 14.6. The van der Waals surface area contributed by atoms with Crippen LogP contribution in [0.15, 0.2) is 54.6 Å². The van der Waals surface area contributed by atoms with Gasteiger partial charge in [0.25, 0.3) is 11.6 Å². The van der Waals surface area contributed by atoms with Gasteiger partial charge in [-0.2, -0.15) is 0 Å². The molecule has 3 rings (SSSR count). The van der Waals surface area contributed by atoms with Crippen LogP contribution in [0.4, 0.5) is 5.69 Å². The predicted octanol–water partition coefficient (Wildman–Crippen LogP) is -4.63. The van der Waals surface area contributed by atoms with Crippen LogP contribution in [0.2, 0.25) is 0 Å². The van der Waals surface area contributed by atoms with Gasteiger partial charge in [0.2, 0.25) is 11.7 Å². The van der Waals surface area contributed by atoms with Crippen molar-refractivity contribution in [2.45, 2.75) is 56.2 Å². The van der Waals surface area contributed by atoms with Gasteiger partial charge in [-0.3, -0.25) is 19.7 Å². The van der Waals surface area contributed by atoms with Crippen molar-refractivity contribution >= 4 is 23.5 Å². The van der Waals surface area contributed by atoms with E-state index in [1.807, 2.05) is 0 Å². The Hall–Kier alpha value is -2.95. The molecule has 6 atom stereocenters. The van der Waals surface area contributed by atoms with Crippen LogP contribution in [0.3, 0.4) is 0 Å². The average Bonchev–Trinajstić information content (AvgIpc) is 2.91. The Labute approximate surface area is 250 Å². The van der Waals surface area contributed by atoms with Crippen LogP contribution in [0.1, 0.15) is 29.3 Å². The summed E-state index contributed by atoms with van der Waals surface area (Å²) in [7, 11) is 0. The number of nitrogens with one attached hydrogen (secondary N) is 2. The fourth-order valence-corrected chi connectivity index (χ4v) is 4.09. The number of ether oxygens (including phenoxy) is 2. The van der Waals surface area contributed by atoms with Crippen LogP contribution in [0.25, 0.3) is 0 Å². The van der Waals surface area contributed by atoms with Crippen molar-refractivity contribution in [2.75, 3.05) is 6.54 Å². The molecule has 15 heteroatoms. The number of hydrogen-bond acceptors (Lipinski definition) is 11. The molecule has 2 aromatic rings. The fraction of sp³-hybridized carbons (Fsp3) is 0.400. The number of aliphatic carboxylic acids is 1. The summed E-state index contributed by atoms with van der Waals surface area (Å²) in [4.78, 5) is 46.4. The Balaban J connectivity index is 0.00000560. The van der Waals surface area contributed by atoms with Gasteiger partial charge in [-0.15, -0.1) is 0 Å². The van der Waals surface area contributed by atoms with Crippen molar-refractivity contribution in [1.29, 1.82) is 0 Å². The topological polar surface area (TPSA) is 221 Å². The first-order valence-corrected chi connectivity index (χ1v) is 11.8. The number of amides is 2. The van der Waals surface area contributed by atoms with Gasteiger partial charge in [-0.25, -0.2) is 0 Å². The third-order valence-corrected chi connectivity index (χ3v) is 6.11. The predicted molar refractivity (Wildman–Crippen MR) is 130 cm³/mol. The molecule has 5 N–H and O–H groups in total. The molecule has 1 aliphatic heterocycles. The van der Waals surface area contributed by atoms with E-state index in [0.29, 0.717) is 5.56 Å². The van der Waals surface area contributed by atoms with Gasteiger partial charge in [-0.05, 0) is 17.7 Å². The van der Waals surface area contributed by atoms with E-state index < -0.39 is 71.9 Å². The minimum atomic E-state index is -2.54. The first-order valence-electron chi connectivity index (χ1n) is 11.8. The molecule has 1 saturated heterocycles. The smallest absolute Gasteiger partial charge is 0.544 e. The molecule has 14 nitrogen and oxygen atoms in total. The minimum Gasteiger partial charge on any atom is -0.544 e. The van der Waals surface area contributed by atoms with E-state index in [9.17, 15) is 44.9 Å². The molecule has 0 unspecified atom stereocenters. The Morgan fingerprint density at radius 3 is 2.33 bits per heavy atom. The van der Waals surface area contributed by atoms with Gasteiger partial charge in [-0.1, -0.05) is 30.3 Å². The van der Waals surface area contributed by atoms with Crippen LogP contribution in [-0.2, 0) is 25.7 Å². The standard InChI is InChI=1S/C25H29N3O11.Na/c1-14(29)27-20-18(30)11-25(24(34)35,38-13-15-5-3-2-4-6-15)39-22(20)21(32)19(31)12-26-23(33)16-7-9-17(10-8-16)28(36)37;/h2-10,18-22,30-32H,11-13H2,1H3,(H,26,33)(H,27,29)(H,34,35);/q;+1/p-1/t18-,19+,20+,21-,22+,25+;/m0./s1. The maximum Gasteiger partial charge on any atom is 1.00 e. The fourth-order valence-electron chi connectivity index (χ4n) is 4.09.